The fourth-order valence-electron chi connectivity index (χ4n) is 1.24. The third-order valence-corrected chi connectivity index (χ3v) is 2.61. The summed E-state index contributed by atoms with van der Waals surface area (Å²) in [6, 6.07) is 1.99. The van der Waals surface area contributed by atoms with Gasteiger partial charge < -0.3 is 10.2 Å². The van der Waals surface area contributed by atoms with Gasteiger partial charge in [0.1, 0.15) is 5.82 Å². The first-order valence-electron chi connectivity index (χ1n) is 5.07. The Morgan fingerprint density at radius 2 is 2.25 bits per heavy atom. The van der Waals surface area contributed by atoms with Crippen LogP contribution in [-0.4, -0.2) is 36.4 Å². The van der Waals surface area contributed by atoms with Crippen molar-refractivity contribution in [3.63, 3.8) is 0 Å². The van der Waals surface area contributed by atoms with Gasteiger partial charge in [-0.05, 0) is 34.5 Å². The molecular formula is C11H16BrN3O. The predicted octanol–water partition coefficient (Wildman–Crippen LogP) is 2.04. The van der Waals surface area contributed by atoms with Gasteiger partial charge in [0.15, 0.2) is 0 Å². The lowest BCUT2D eigenvalue weighted by Gasteiger charge is -2.11. The van der Waals surface area contributed by atoms with E-state index in [0.29, 0.717) is 13.0 Å². The van der Waals surface area contributed by atoms with Crippen molar-refractivity contribution in [1.82, 2.24) is 9.88 Å². The van der Waals surface area contributed by atoms with Crippen molar-refractivity contribution in [1.29, 1.82) is 0 Å². The van der Waals surface area contributed by atoms with Crippen molar-refractivity contribution in [2.24, 2.45) is 0 Å². The maximum atomic E-state index is 11.3. The number of nitrogens with zero attached hydrogens (tertiary/aromatic N) is 2. The van der Waals surface area contributed by atoms with E-state index in [1.807, 2.05) is 13.0 Å². The van der Waals surface area contributed by atoms with Crippen LogP contribution >= 0.6 is 15.9 Å². The lowest BCUT2D eigenvalue weighted by Crippen LogP contribution is -2.24. The average molecular weight is 286 g/mol. The minimum absolute atomic E-state index is 0.113. The Labute approximate surface area is 104 Å². The zero-order valence-corrected chi connectivity index (χ0v) is 11.3. The van der Waals surface area contributed by atoms with E-state index in [9.17, 15) is 4.79 Å². The number of carbonyl (C=O) groups excluding carboxylic acids is 1. The van der Waals surface area contributed by atoms with Crippen LogP contribution in [0.3, 0.4) is 0 Å². The second kappa shape index (κ2) is 5.84. The zero-order chi connectivity index (χ0) is 12.1. The third kappa shape index (κ3) is 3.81. The molecule has 0 fully saturated rings. The normalized spacial score (nSPS) is 10.0. The van der Waals surface area contributed by atoms with Gasteiger partial charge in [0, 0.05) is 37.7 Å². The van der Waals surface area contributed by atoms with Crippen molar-refractivity contribution in [3.8, 4) is 0 Å². The zero-order valence-electron chi connectivity index (χ0n) is 9.75. The quantitative estimate of drug-likeness (QED) is 0.921. The van der Waals surface area contributed by atoms with Gasteiger partial charge in [0.05, 0.1) is 0 Å². The minimum atomic E-state index is 0.113. The van der Waals surface area contributed by atoms with E-state index in [1.54, 1.807) is 25.2 Å². The molecule has 0 unspecified atom stereocenters. The maximum Gasteiger partial charge on any atom is 0.223 e. The van der Waals surface area contributed by atoms with Crippen molar-refractivity contribution < 1.29 is 4.79 Å². The highest BCUT2D eigenvalue weighted by molar-refractivity contribution is 9.10. The monoisotopic (exact) mass is 285 g/mol. The van der Waals surface area contributed by atoms with Gasteiger partial charge in [-0.2, -0.15) is 0 Å². The molecule has 1 amide bonds. The fraction of sp³-hybridized carbons (Fsp3) is 0.455. The Morgan fingerprint density at radius 1 is 1.56 bits per heavy atom. The highest BCUT2D eigenvalue weighted by Crippen LogP contribution is 2.16. The fourth-order valence-corrected chi connectivity index (χ4v) is 1.68. The Bertz CT molecular complexity index is 379. The molecule has 88 valence electrons. The molecule has 0 radical (unpaired) electrons. The van der Waals surface area contributed by atoms with Crippen LogP contribution in [0.15, 0.2) is 16.7 Å². The highest BCUT2D eigenvalue weighted by Gasteiger charge is 2.04. The molecule has 0 atom stereocenters. The largest absolute Gasteiger partial charge is 0.369 e. The average Bonchev–Trinajstić information content (AvgIpc) is 2.20. The lowest BCUT2D eigenvalue weighted by molar-refractivity contribution is -0.128. The molecule has 1 heterocycles. The van der Waals surface area contributed by atoms with Gasteiger partial charge in [0.25, 0.3) is 0 Å². The van der Waals surface area contributed by atoms with Gasteiger partial charge in [0.2, 0.25) is 5.91 Å². The number of nitrogens with one attached hydrogen (secondary N) is 1. The minimum Gasteiger partial charge on any atom is -0.369 e. The first-order chi connectivity index (χ1) is 7.50. The summed E-state index contributed by atoms with van der Waals surface area (Å²) in [6.07, 6.45) is 2.22. The van der Waals surface area contributed by atoms with E-state index >= 15 is 0 Å². The van der Waals surface area contributed by atoms with Gasteiger partial charge in [-0.25, -0.2) is 4.98 Å². The van der Waals surface area contributed by atoms with Crippen LogP contribution in [0.1, 0.15) is 12.0 Å². The van der Waals surface area contributed by atoms with Gasteiger partial charge in [-0.3, -0.25) is 4.79 Å². The van der Waals surface area contributed by atoms with E-state index in [0.717, 1.165) is 15.9 Å². The predicted molar refractivity (Wildman–Crippen MR) is 68.5 cm³/mol. The van der Waals surface area contributed by atoms with Crippen molar-refractivity contribution in [2.75, 3.05) is 26.0 Å². The first kappa shape index (κ1) is 13.0. The molecule has 0 aliphatic heterocycles. The second-order valence-electron chi connectivity index (χ2n) is 3.78. The smallest absolute Gasteiger partial charge is 0.223 e. The molecule has 1 rings (SSSR count). The third-order valence-electron chi connectivity index (χ3n) is 2.18. The number of pyridine rings is 1. The number of halogens is 1. The summed E-state index contributed by atoms with van der Waals surface area (Å²) in [7, 11) is 3.51. The van der Waals surface area contributed by atoms with Crippen LogP contribution in [0, 0.1) is 6.92 Å². The molecule has 0 bridgehead atoms. The summed E-state index contributed by atoms with van der Waals surface area (Å²) in [5, 5.41) is 3.15. The molecule has 1 aromatic heterocycles. The molecule has 1 N–H and O–H groups in total. The molecule has 0 saturated carbocycles. The topological polar surface area (TPSA) is 45.2 Å². The lowest BCUT2D eigenvalue weighted by atomic mass is 10.3. The van der Waals surface area contributed by atoms with E-state index in [1.165, 1.54) is 0 Å². The number of rotatable bonds is 4. The van der Waals surface area contributed by atoms with Gasteiger partial charge in [-0.1, -0.05) is 0 Å². The molecule has 0 aromatic carbocycles. The summed E-state index contributed by atoms with van der Waals surface area (Å²) in [5.74, 6) is 0.942. The second-order valence-corrected chi connectivity index (χ2v) is 4.70. The summed E-state index contributed by atoms with van der Waals surface area (Å²) < 4.78 is 0.958. The highest BCUT2D eigenvalue weighted by atomic mass is 79.9. The summed E-state index contributed by atoms with van der Waals surface area (Å²) in [4.78, 5) is 17.2. The Hall–Kier alpha value is -1.10. The maximum absolute atomic E-state index is 11.3. The van der Waals surface area contributed by atoms with E-state index in [2.05, 4.69) is 26.2 Å². The van der Waals surface area contributed by atoms with Crippen molar-refractivity contribution in [2.45, 2.75) is 13.3 Å². The Kier molecular flexibility index (Phi) is 4.73. The number of hydrogen-bond donors (Lipinski definition) is 1. The number of amides is 1. The Morgan fingerprint density at radius 3 is 2.81 bits per heavy atom. The number of carbonyl (C=O) groups is 1. The molecule has 0 aliphatic carbocycles. The van der Waals surface area contributed by atoms with E-state index in [4.69, 9.17) is 0 Å². The van der Waals surface area contributed by atoms with Crippen molar-refractivity contribution >= 4 is 27.7 Å². The van der Waals surface area contributed by atoms with Crippen LogP contribution in [-0.2, 0) is 4.79 Å². The van der Waals surface area contributed by atoms with Gasteiger partial charge >= 0.3 is 0 Å². The first-order valence-corrected chi connectivity index (χ1v) is 5.86. The summed E-state index contributed by atoms with van der Waals surface area (Å²) in [5.41, 5.74) is 1.06. The molecule has 4 nitrogen and oxygen atoms in total. The molecule has 0 saturated heterocycles. The van der Waals surface area contributed by atoms with Crippen LogP contribution in [0.5, 0.6) is 0 Å². The SMILES string of the molecule is Cc1cc(Br)cnc1NCCC(=O)N(C)C. The van der Waals surface area contributed by atoms with Crippen LogP contribution < -0.4 is 5.32 Å². The number of aromatic nitrogens is 1. The summed E-state index contributed by atoms with van der Waals surface area (Å²) >= 11 is 3.36. The number of hydrogen-bond acceptors (Lipinski definition) is 3. The summed E-state index contributed by atoms with van der Waals surface area (Å²) in [6.45, 7) is 2.58. The van der Waals surface area contributed by atoms with Crippen molar-refractivity contribution in [3.05, 3.63) is 22.3 Å². The number of anilines is 1. The van der Waals surface area contributed by atoms with Crippen LogP contribution in [0.25, 0.3) is 0 Å². The van der Waals surface area contributed by atoms with Gasteiger partial charge in [-0.15, -0.1) is 0 Å². The van der Waals surface area contributed by atoms with E-state index in [-0.39, 0.29) is 5.91 Å². The standard InChI is InChI=1S/C11H16BrN3O/c1-8-6-9(12)7-14-11(8)13-5-4-10(16)15(2)3/h6-7H,4-5H2,1-3H3,(H,13,14). The molecule has 0 spiro atoms. The Balaban J connectivity index is 2.46. The molecule has 16 heavy (non-hydrogen) atoms. The number of aryl methyl sites for hydroxylation is 1. The van der Waals surface area contributed by atoms with Crippen LogP contribution in [0.2, 0.25) is 0 Å². The molecule has 5 heteroatoms. The van der Waals surface area contributed by atoms with Crippen LogP contribution in [0.4, 0.5) is 5.82 Å². The van der Waals surface area contributed by atoms with E-state index < -0.39 is 0 Å². The molecule has 1 aromatic rings. The molecule has 0 aliphatic rings. The molecular weight excluding hydrogens is 270 g/mol.